The van der Waals surface area contributed by atoms with E-state index in [4.69, 9.17) is 27.9 Å². The lowest BCUT2D eigenvalue weighted by atomic mass is 10.1. The zero-order chi connectivity index (χ0) is 17.7. The number of hydrogen-bond donors (Lipinski definition) is 2. The molecule has 0 aliphatic carbocycles. The molecule has 5 nitrogen and oxygen atoms in total. The molecule has 2 N–H and O–H groups in total. The first-order chi connectivity index (χ1) is 11.4. The van der Waals surface area contributed by atoms with E-state index in [1.165, 1.54) is 13.2 Å². The van der Waals surface area contributed by atoms with Crippen molar-refractivity contribution in [3.05, 3.63) is 52.0 Å². The molecule has 0 unspecified atom stereocenters. The van der Waals surface area contributed by atoms with E-state index >= 15 is 0 Å². The number of hydrogen-bond acceptors (Lipinski definition) is 3. The third kappa shape index (κ3) is 4.40. The van der Waals surface area contributed by atoms with Crippen molar-refractivity contribution in [3.8, 4) is 5.75 Å². The zero-order valence-electron chi connectivity index (χ0n) is 13.2. The Morgan fingerprint density at radius 2 is 1.83 bits per heavy atom. The molecule has 0 atom stereocenters. The lowest BCUT2D eigenvalue weighted by Gasteiger charge is -2.12. The van der Waals surface area contributed by atoms with Crippen LogP contribution in [0.25, 0.3) is 0 Å². The Hall–Kier alpha value is -2.24. The van der Waals surface area contributed by atoms with Crippen molar-refractivity contribution >= 4 is 46.4 Å². The fourth-order valence-electron chi connectivity index (χ4n) is 1.99. The first kappa shape index (κ1) is 18.1. The molecular formula is C17H16Cl2N2O3. The highest BCUT2D eigenvalue weighted by Gasteiger charge is 2.14. The van der Waals surface area contributed by atoms with E-state index in [2.05, 4.69) is 10.6 Å². The molecule has 2 aromatic rings. The number of carbonyl (C=O) groups excluding carboxylic acids is 2. The van der Waals surface area contributed by atoms with Gasteiger partial charge in [-0.3, -0.25) is 9.59 Å². The van der Waals surface area contributed by atoms with Crippen molar-refractivity contribution in [2.45, 2.75) is 13.3 Å². The van der Waals surface area contributed by atoms with Gasteiger partial charge in [0.25, 0.3) is 5.91 Å². The number of halogens is 2. The van der Waals surface area contributed by atoms with Crippen molar-refractivity contribution in [2.24, 2.45) is 0 Å². The highest BCUT2D eigenvalue weighted by molar-refractivity contribution is 6.34. The summed E-state index contributed by atoms with van der Waals surface area (Å²) in [4.78, 5) is 24.0. The summed E-state index contributed by atoms with van der Waals surface area (Å²) < 4.78 is 5.17. The molecule has 126 valence electrons. The van der Waals surface area contributed by atoms with Crippen LogP contribution in [0.1, 0.15) is 23.7 Å². The standard InChI is InChI=1S/C17H16Cl2N2O3/c1-3-16(22)21-14-9-11(5-6-13(14)19)20-17(23)12-8-10(18)4-7-15(12)24-2/h4-9H,3H2,1-2H3,(H,20,23)(H,21,22). The molecule has 0 fully saturated rings. The summed E-state index contributed by atoms with van der Waals surface area (Å²) in [5.41, 5.74) is 1.22. The third-order valence-corrected chi connectivity index (χ3v) is 3.79. The summed E-state index contributed by atoms with van der Waals surface area (Å²) in [5.74, 6) is -0.147. The number of amides is 2. The minimum atomic E-state index is -0.385. The summed E-state index contributed by atoms with van der Waals surface area (Å²) in [7, 11) is 1.47. The number of ether oxygens (including phenoxy) is 1. The van der Waals surface area contributed by atoms with Crippen molar-refractivity contribution in [3.63, 3.8) is 0 Å². The average molecular weight is 367 g/mol. The van der Waals surface area contributed by atoms with Crippen LogP contribution in [0.5, 0.6) is 5.75 Å². The zero-order valence-corrected chi connectivity index (χ0v) is 14.7. The van der Waals surface area contributed by atoms with Gasteiger partial charge < -0.3 is 15.4 Å². The number of rotatable bonds is 5. The summed E-state index contributed by atoms with van der Waals surface area (Å²) in [6, 6.07) is 9.59. The minimum absolute atomic E-state index is 0.170. The van der Waals surface area contributed by atoms with Gasteiger partial charge in [-0.1, -0.05) is 30.1 Å². The quantitative estimate of drug-likeness (QED) is 0.812. The van der Waals surface area contributed by atoms with Crippen LogP contribution in [0.4, 0.5) is 11.4 Å². The van der Waals surface area contributed by atoms with Gasteiger partial charge in [-0.25, -0.2) is 0 Å². The van der Waals surface area contributed by atoms with Crippen molar-refractivity contribution in [1.29, 1.82) is 0 Å². The molecule has 2 aromatic carbocycles. The Morgan fingerprint density at radius 3 is 2.50 bits per heavy atom. The molecule has 0 aliphatic rings. The van der Waals surface area contributed by atoms with Crippen molar-refractivity contribution < 1.29 is 14.3 Å². The van der Waals surface area contributed by atoms with Crippen molar-refractivity contribution in [2.75, 3.05) is 17.7 Å². The van der Waals surface area contributed by atoms with Gasteiger partial charge in [-0.05, 0) is 36.4 Å². The van der Waals surface area contributed by atoms with E-state index in [1.807, 2.05) is 0 Å². The topological polar surface area (TPSA) is 67.4 Å². The Balaban J connectivity index is 2.25. The van der Waals surface area contributed by atoms with E-state index in [-0.39, 0.29) is 11.8 Å². The second-order valence-corrected chi connectivity index (χ2v) is 5.74. The number of anilines is 2. The maximum Gasteiger partial charge on any atom is 0.259 e. The van der Waals surface area contributed by atoms with Gasteiger partial charge in [-0.15, -0.1) is 0 Å². The highest BCUT2D eigenvalue weighted by atomic mass is 35.5. The SMILES string of the molecule is CCC(=O)Nc1cc(NC(=O)c2cc(Cl)ccc2OC)ccc1Cl. The second kappa shape index (κ2) is 8.04. The Labute approximate surface area is 149 Å². The largest absolute Gasteiger partial charge is 0.496 e. The summed E-state index contributed by atoms with van der Waals surface area (Å²) in [5, 5.41) is 6.22. The van der Waals surface area contributed by atoms with Gasteiger partial charge in [-0.2, -0.15) is 0 Å². The molecule has 0 saturated carbocycles. The maximum atomic E-state index is 12.5. The molecule has 0 radical (unpaired) electrons. The maximum absolute atomic E-state index is 12.5. The number of carbonyl (C=O) groups is 2. The predicted octanol–water partition coefficient (Wildman–Crippen LogP) is 4.60. The highest BCUT2D eigenvalue weighted by Crippen LogP contribution is 2.27. The molecule has 0 aromatic heterocycles. The normalized spacial score (nSPS) is 10.2. The minimum Gasteiger partial charge on any atom is -0.496 e. The van der Waals surface area contributed by atoms with Gasteiger partial charge in [0.15, 0.2) is 0 Å². The molecule has 0 saturated heterocycles. The number of methoxy groups -OCH3 is 1. The van der Waals surface area contributed by atoms with Crippen LogP contribution in [-0.2, 0) is 4.79 Å². The molecule has 2 rings (SSSR count). The molecule has 7 heteroatoms. The van der Waals surface area contributed by atoms with Crippen molar-refractivity contribution in [1.82, 2.24) is 0 Å². The predicted molar refractivity (Wildman–Crippen MR) is 96.3 cm³/mol. The summed E-state index contributed by atoms with van der Waals surface area (Å²) in [6.45, 7) is 1.74. The molecule has 2 amide bonds. The van der Waals surface area contributed by atoms with Gasteiger partial charge >= 0.3 is 0 Å². The molecule has 0 spiro atoms. The Kier molecular flexibility index (Phi) is 6.06. The lowest BCUT2D eigenvalue weighted by molar-refractivity contribution is -0.115. The van der Waals surface area contributed by atoms with E-state index < -0.39 is 0 Å². The Bertz CT molecular complexity index is 778. The van der Waals surface area contributed by atoms with Gasteiger partial charge in [0, 0.05) is 17.1 Å². The molecule has 0 heterocycles. The average Bonchev–Trinajstić information content (AvgIpc) is 2.57. The summed E-state index contributed by atoms with van der Waals surface area (Å²) >= 11 is 12.0. The molecule has 0 aliphatic heterocycles. The number of nitrogens with one attached hydrogen (secondary N) is 2. The fourth-order valence-corrected chi connectivity index (χ4v) is 2.33. The van der Waals surface area contributed by atoms with Gasteiger partial charge in [0.1, 0.15) is 5.75 Å². The third-order valence-electron chi connectivity index (χ3n) is 3.23. The van der Waals surface area contributed by atoms with Crippen LogP contribution < -0.4 is 15.4 Å². The van der Waals surface area contributed by atoms with Crippen LogP contribution in [-0.4, -0.2) is 18.9 Å². The van der Waals surface area contributed by atoms with Crippen LogP contribution in [0.3, 0.4) is 0 Å². The van der Waals surface area contributed by atoms with E-state index in [1.54, 1.807) is 37.3 Å². The monoisotopic (exact) mass is 366 g/mol. The van der Waals surface area contributed by atoms with Crippen LogP contribution >= 0.6 is 23.2 Å². The lowest BCUT2D eigenvalue weighted by Crippen LogP contribution is -2.14. The van der Waals surface area contributed by atoms with E-state index in [0.717, 1.165) is 0 Å². The smallest absolute Gasteiger partial charge is 0.259 e. The number of benzene rings is 2. The van der Waals surface area contributed by atoms with Crippen LogP contribution in [0.15, 0.2) is 36.4 Å². The molecule has 24 heavy (non-hydrogen) atoms. The molecule has 0 bridgehead atoms. The first-order valence-electron chi connectivity index (χ1n) is 7.19. The molecular weight excluding hydrogens is 351 g/mol. The Morgan fingerprint density at radius 1 is 1.08 bits per heavy atom. The van der Waals surface area contributed by atoms with E-state index in [9.17, 15) is 9.59 Å². The van der Waals surface area contributed by atoms with Gasteiger partial charge in [0.2, 0.25) is 5.91 Å². The summed E-state index contributed by atoms with van der Waals surface area (Å²) in [6.07, 6.45) is 0.326. The second-order valence-electron chi connectivity index (χ2n) is 4.90. The fraction of sp³-hybridized carbons (Fsp3) is 0.176. The van der Waals surface area contributed by atoms with Crippen LogP contribution in [0.2, 0.25) is 10.0 Å². The first-order valence-corrected chi connectivity index (χ1v) is 7.94. The van der Waals surface area contributed by atoms with Crippen LogP contribution in [0, 0.1) is 0 Å². The van der Waals surface area contributed by atoms with E-state index in [0.29, 0.717) is 39.2 Å². The van der Waals surface area contributed by atoms with Gasteiger partial charge in [0.05, 0.1) is 23.4 Å².